The highest BCUT2D eigenvalue weighted by atomic mass is 16.7. The van der Waals surface area contributed by atoms with Gasteiger partial charge in [0.25, 0.3) is 0 Å². The number of rotatable bonds is 59. The smallest absolute Gasteiger partial charge is 0.306 e. The average Bonchev–Trinajstić information content (AvgIpc) is 3.48. The van der Waals surface area contributed by atoms with E-state index in [1.165, 1.54) is 38.5 Å². The zero-order valence-electron chi connectivity index (χ0n) is 54.4. The summed E-state index contributed by atoms with van der Waals surface area (Å²) in [5.74, 6) is -2.33. The molecule has 9 heteroatoms. The summed E-state index contributed by atoms with van der Waals surface area (Å²) in [7, 11) is 5.91. The molecule has 0 rings (SSSR count). The van der Waals surface area contributed by atoms with Crippen molar-refractivity contribution < 1.29 is 42.9 Å². The zero-order chi connectivity index (χ0) is 61.9. The Morgan fingerprint density at radius 3 is 0.941 bits per heavy atom. The summed E-state index contributed by atoms with van der Waals surface area (Å²) in [6.45, 7) is 4.48. The van der Waals surface area contributed by atoms with E-state index in [-0.39, 0.29) is 38.6 Å². The van der Waals surface area contributed by atoms with Gasteiger partial charge in [0.1, 0.15) is 13.2 Å². The molecule has 0 aromatic heterocycles. The second kappa shape index (κ2) is 64.6. The molecule has 9 nitrogen and oxygen atoms in total. The van der Waals surface area contributed by atoms with Crippen LogP contribution in [0.5, 0.6) is 0 Å². The van der Waals surface area contributed by atoms with Gasteiger partial charge in [-0.15, -0.1) is 0 Å². The van der Waals surface area contributed by atoms with Crippen LogP contribution in [0.15, 0.2) is 170 Å². The molecule has 478 valence electrons. The minimum absolute atomic E-state index is 0.135. The monoisotopic (exact) mass is 1180 g/mol. The van der Waals surface area contributed by atoms with Crippen LogP contribution in [-0.2, 0) is 33.3 Å². The third-order valence-corrected chi connectivity index (χ3v) is 13.5. The van der Waals surface area contributed by atoms with Gasteiger partial charge >= 0.3 is 11.9 Å². The number of carboxylic acids is 1. The lowest BCUT2D eigenvalue weighted by atomic mass is 10.0. The number of carboxylic acid groups (broad SMARTS) is 1. The maximum Gasteiger partial charge on any atom is 0.306 e. The number of nitrogens with zero attached hydrogens (tertiary/aromatic N) is 1. The van der Waals surface area contributed by atoms with E-state index < -0.39 is 24.3 Å². The van der Waals surface area contributed by atoms with Crippen molar-refractivity contribution in [2.24, 2.45) is 0 Å². The first kappa shape index (κ1) is 79.7. The van der Waals surface area contributed by atoms with Gasteiger partial charge in [-0.3, -0.25) is 9.59 Å². The van der Waals surface area contributed by atoms with Crippen LogP contribution in [0.1, 0.15) is 232 Å². The fourth-order valence-electron chi connectivity index (χ4n) is 8.44. The minimum atomic E-state index is -1.64. The molecule has 0 saturated carbocycles. The number of ether oxygens (including phenoxy) is 4. The molecule has 0 aliphatic carbocycles. The van der Waals surface area contributed by atoms with Crippen LogP contribution in [0, 0.1) is 0 Å². The molecule has 0 bridgehead atoms. The van der Waals surface area contributed by atoms with Crippen molar-refractivity contribution in [1.29, 1.82) is 0 Å². The molecule has 0 aliphatic rings. The molecule has 0 saturated heterocycles. The van der Waals surface area contributed by atoms with Gasteiger partial charge in [-0.1, -0.05) is 261 Å². The predicted molar refractivity (Wildman–Crippen MR) is 361 cm³/mol. The Kier molecular flexibility index (Phi) is 60.6. The van der Waals surface area contributed by atoms with Gasteiger partial charge in [0, 0.05) is 12.8 Å². The highest BCUT2D eigenvalue weighted by Gasteiger charge is 2.22. The second-order valence-corrected chi connectivity index (χ2v) is 22.6. The van der Waals surface area contributed by atoms with Gasteiger partial charge in [0.05, 0.1) is 40.3 Å². The van der Waals surface area contributed by atoms with Crippen LogP contribution in [0.25, 0.3) is 0 Å². The van der Waals surface area contributed by atoms with Gasteiger partial charge in [0.15, 0.2) is 12.4 Å². The van der Waals surface area contributed by atoms with Gasteiger partial charge in [-0.2, -0.15) is 0 Å². The fourth-order valence-corrected chi connectivity index (χ4v) is 8.44. The Morgan fingerprint density at radius 2 is 0.635 bits per heavy atom. The fraction of sp³-hybridized carbons (Fsp3) is 0.592. The van der Waals surface area contributed by atoms with Crippen molar-refractivity contribution >= 4 is 17.9 Å². The van der Waals surface area contributed by atoms with Gasteiger partial charge in [-0.05, 0) is 128 Å². The number of esters is 2. The van der Waals surface area contributed by atoms with E-state index in [0.29, 0.717) is 23.9 Å². The number of quaternary nitrogens is 1. The van der Waals surface area contributed by atoms with Gasteiger partial charge in [-0.25, -0.2) is 0 Å². The Balaban J connectivity index is 4.25. The van der Waals surface area contributed by atoms with Crippen LogP contribution in [-0.4, -0.2) is 82.3 Å². The lowest BCUT2D eigenvalue weighted by Gasteiger charge is -2.26. The maximum atomic E-state index is 12.9. The lowest BCUT2D eigenvalue weighted by Crippen LogP contribution is -2.44. The van der Waals surface area contributed by atoms with Crippen molar-refractivity contribution in [3.05, 3.63) is 170 Å². The number of likely N-dealkylation sites (N-methyl/N-ethyl adjacent to an activating group) is 1. The van der Waals surface area contributed by atoms with Crippen molar-refractivity contribution in [1.82, 2.24) is 0 Å². The maximum absolute atomic E-state index is 12.9. The summed E-state index contributed by atoms with van der Waals surface area (Å²) in [4.78, 5) is 37.5. The Labute approximate surface area is 520 Å². The van der Waals surface area contributed by atoms with E-state index in [1.807, 2.05) is 21.1 Å². The molecular formula is C76H121NO8. The van der Waals surface area contributed by atoms with E-state index in [0.717, 1.165) is 154 Å². The van der Waals surface area contributed by atoms with Crippen LogP contribution in [0.2, 0.25) is 0 Å². The molecular weight excluding hydrogens is 1050 g/mol. The van der Waals surface area contributed by atoms with Crippen molar-refractivity contribution in [3.63, 3.8) is 0 Å². The Morgan fingerprint density at radius 1 is 0.353 bits per heavy atom. The van der Waals surface area contributed by atoms with Crippen LogP contribution < -0.4 is 5.11 Å². The normalized spacial score (nSPS) is 13.8. The quantitative estimate of drug-likeness (QED) is 0.0195. The van der Waals surface area contributed by atoms with E-state index in [1.54, 1.807) is 0 Å². The molecule has 0 aliphatic heterocycles. The summed E-state index contributed by atoms with van der Waals surface area (Å²) in [5, 5.41) is 11.8. The van der Waals surface area contributed by atoms with Gasteiger partial charge in [0.2, 0.25) is 0 Å². The predicted octanol–water partition coefficient (Wildman–Crippen LogP) is 19.3. The highest BCUT2D eigenvalue weighted by molar-refractivity contribution is 5.70. The number of hydrogen-bond donors (Lipinski definition) is 0. The SMILES string of the molecule is CC/C=C\C/C=C\C/C=C\C/C=C\C/C=C\C/C=C\C/C=C\C/C=C\CCCCCCCCCCCCC(=O)OC(COC(=O)CCCCCCCC/C=C\C/C=C\C/C=C\C/C=C\C/C=C\C/C=C\CC)COC(OCC[N+](C)(C)C)C(=O)[O-]. The minimum Gasteiger partial charge on any atom is -0.545 e. The lowest BCUT2D eigenvalue weighted by molar-refractivity contribution is -0.870. The number of carbonyl (C=O) groups excluding carboxylic acids is 3. The Bertz CT molecular complexity index is 2000. The molecule has 0 spiro atoms. The third kappa shape index (κ3) is 66.0. The summed E-state index contributed by atoms with van der Waals surface area (Å²) >= 11 is 0. The third-order valence-electron chi connectivity index (χ3n) is 13.5. The molecule has 85 heavy (non-hydrogen) atoms. The first-order valence-corrected chi connectivity index (χ1v) is 33.3. The summed E-state index contributed by atoms with van der Waals surface area (Å²) in [6.07, 6.45) is 94.1. The number of hydrogen-bond acceptors (Lipinski definition) is 8. The summed E-state index contributed by atoms with van der Waals surface area (Å²) in [5.41, 5.74) is 0. The van der Waals surface area contributed by atoms with Crippen molar-refractivity contribution in [2.75, 3.05) is 47.5 Å². The molecule has 0 fully saturated rings. The topological polar surface area (TPSA) is 111 Å². The average molecular weight is 1180 g/mol. The summed E-state index contributed by atoms with van der Waals surface area (Å²) < 4.78 is 22.7. The van der Waals surface area contributed by atoms with Crippen LogP contribution in [0.4, 0.5) is 0 Å². The zero-order valence-corrected chi connectivity index (χ0v) is 54.4. The van der Waals surface area contributed by atoms with E-state index >= 15 is 0 Å². The summed E-state index contributed by atoms with van der Waals surface area (Å²) in [6, 6.07) is 0. The molecule has 0 aromatic rings. The standard InChI is InChI=1S/C76H121NO8/c1-6-8-10-12-14-16-18-20-22-24-26-28-30-32-33-34-35-36-37-38-39-40-41-43-45-47-49-51-53-55-57-59-61-63-65-67-74(79)85-72(71-84-76(75(80)81)82-69-68-77(3,4)5)70-83-73(78)66-64-62-60-58-56-54-52-50-48-46-44-42-31-29-27-25-23-21-19-17-15-13-11-9-7-2/h8-11,14-17,20-23,26-29,32-33,35-36,38-39,41-44,48,50,72,76H,6-7,12-13,18-19,24-25,30-31,34,37,40,45-47,49,51-71H2,1-5H3/b10-8-,11-9-,16-14-,17-15-,22-20-,23-21-,28-26-,29-27-,33-32-,36-35-,39-38-,43-41-,44-42-,50-48-. The molecule has 0 N–H and O–H groups in total. The Hall–Kier alpha value is -5.35. The molecule has 0 aromatic carbocycles. The highest BCUT2D eigenvalue weighted by Crippen LogP contribution is 2.15. The van der Waals surface area contributed by atoms with Crippen LogP contribution in [0.3, 0.4) is 0 Å². The number of aliphatic carboxylic acids is 1. The molecule has 0 amide bonds. The molecule has 2 atom stereocenters. The van der Waals surface area contributed by atoms with E-state index in [2.05, 4.69) is 184 Å². The van der Waals surface area contributed by atoms with E-state index in [9.17, 15) is 19.5 Å². The van der Waals surface area contributed by atoms with Crippen LogP contribution >= 0.6 is 0 Å². The first-order chi connectivity index (χ1) is 41.6. The first-order valence-electron chi connectivity index (χ1n) is 33.3. The number of allylic oxidation sites excluding steroid dienone is 28. The van der Waals surface area contributed by atoms with Gasteiger partial charge < -0.3 is 33.3 Å². The van der Waals surface area contributed by atoms with Crippen molar-refractivity contribution in [3.8, 4) is 0 Å². The molecule has 2 unspecified atom stereocenters. The largest absolute Gasteiger partial charge is 0.545 e. The van der Waals surface area contributed by atoms with E-state index in [4.69, 9.17) is 18.9 Å². The molecule has 0 heterocycles. The molecule has 0 radical (unpaired) electrons. The van der Waals surface area contributed by atoms with Crippen molar-refractivity contribution in [2.45, 2.75) is 245 Å². The second-order valence-electron chi connectivity index (χ2n) is 22.6. The number of carbonyl (C=O) groups is 3. The number of unbranched alkanes of at least 4 members (excludes halogenated alkanes) is 16.